The lowest BCUT2D eigenvalue weighted by Crippen LogP contribution is -2.34. The number of benzene rings is 1. The van der Waals surface area contributed by atoms with E-state index in [4.69, 9.17) is 4.74 Å². The van der Waals surface area contributed by atoms with Crippen LogP contribution in [0.5, 0.6) is 5.75 Å². The van der Waals surface area contributed by atoms with E-state index in [0.29, 0.717) is 0 Å². The van der Waals surface area contributed by atoms with Gasteiger partial charge in [0.2, 0.25) is 0 Å². The zero-order valence-electron chi connectivity index (χ0n) is 11.3. The molecule has 100 valence electrons. The lowest BCUT2D eigenvalue weighted by molar-refractivity contribution is 0.163. The maximum absolute atomic E-state index is 5.45. The van der Waals surface area contributed by atoms with Crippen molar-refractivity contribution in [3.8, 4) is 5.75 Å². The summed E-state index contributed by atoms with van der Waals surface area (Å²) in [5.41, 5.74) is 1.28. The number of hydrogen-bond acceptors (Lipinski definition) is 2. The Morgan fingerprint density at radius 1 is 1.44 bits per heavy atom. The van der Waals surface area contributed by atoms with Crippen LogP contribution in [0.4, 0.5) is 0 Å². The number of rotatable bonds is 4. The Kier molecular flexibility index (Phi) is 5.07. The van der Waals surface area contributed by atoms with Crippen LogP contribution in [-0.4, -0.2) is 25.1 Å². The zero-order chi connectivity index (χ0) is 13.0. The summed E-state index contributed by atoms with van der Waals surface area (Å²) in [6.45, 7) is 5.74. The van der Waals surface area contributed by atoms with E-state index >= 15 is 0 Å². The van der Waals surface area contributed by atoms with Gasteiger partial charge in [0.25, 0.3) is 0 Å². The highest BCUT2D eigenvalue weighted by Gasteiger charge is 2.19. The van der Waals surface area contributed by atoms with Crippen LogP contribution in [0.15, 0.2) is 22.7 Å². The highest BCUT2D eigenvalue weighted by Crippen LogP contribution is 2.27. The minimum Gasteiger partial charge on any atom is -0.496 e. The van der Waals surface area contributed by atoms with Gasteiger partial charge < -0.3 is 4.74 Å². The molecule has 1 atom stereocenters. The summed E-state index contributed by atoms with van der Waals surface area (Å²) >= 11 is 3.54. The molecule has 2 nitrogen and oxygen atoms in total. The average Bonchev–Trinajstić information content (AvgIpc) is 2.39. The third kappa shape index (κ3) is 3.48. The van der Waals surface area contributed by atoms with Gasteiger partial charge >= 0.3 is 0 Å². The van der Waals surface area contributed by atoms with Crippen molar-refractivity contribution in [1.82, 2.24) is 4.90 Å². The van der Waals surface area contributed by atoms with E-state index in [0.717, 1.165) is 22.7 Å². The predicted molar refractivity (Wildman–Crippen MR) is 79.0 cm³/mol. The van der Waals surface area contributed by atoms with Gasteiger partial charge in [-0.2, -0.15) is 0 Å². The molecule has 0 aliphatic carbocycles. The Morgan fingerprint density at radius 3 is 3.00 bits per heavy atom. The van der Waals surface area contributed by atoms with Gasteiger partial charge in [-0.05, 0) is 43.5 Å². The summed E-state index contributed by atoms with van der Waals surface area (Å²) in [5, 5.41) is 0. The van der Waals surface area contributed by atoms with Crippen molar-refractivity contribution >= 4 is 15.9 Å². The molecule has 0 amide bonds. The number of ether oxygens (including phenoxy) is 1. The first-order valence-electron chi connectivity index (χ1n) is 6.77. The summed E-state index contributed by atoms with van der Waals surface area (Å²) in [6.07, 6.45) is 4.02. The Hall–Kier alpha value is -0.540. The van der Waals surface area contributed by atoms with E-state index in [1.165, 1.54) is 37.9 Å². The second kappa shape index (κ2) is 6.58. The maximum Gasteiger partial charge on any atom is 0.123 e. The molecular weight excluding hydrogens is 290 g/mol. The third-order valence-corrected chi connectivity index (χ3v) is 4.31. The van der Waals surface area contributed by atoms with Crippen molar-refractivity contribution in [2.75, 3.05) is 20.2 Å². The highest BCUT2D eigenvalue weighted by molar-refractivity contribution is 9.10. The Balaban J connectivity index is 2.06. The minimum absolute atomic E-state index is 0.872. The molecule has 18 heavy (non-hydrogen) atoms. The molecule has 0 aromatic heterocycles. The van der Waals surface area contributed by atoms with E-state index in [-0.39, 0.29) is 0 Å². The molecule has 1 aliphatic heterocycles. The van der Waals surface area contributed by atoms with Crippen LogP contribution in [0.2, 0.25) is 0 Å². The number of halogens is 1. The van der Waals surface area contributed by atoms with Gasteiger partial charge in [-0.25, -0.2) is 0 Å². The van der Waals surface area contributed by atoms with E-state index in [2.05, 4.69) is 33.8 Å². The third-order valence-electron chi connectivity index (χ3n) is 3.82. The van der Waals surface area contributed by atoms with Crippen molar-refractivity contribution in [2.24, 2.45) is 5.92 Å². The van der Waals surface area contributed by atoms with Crippen LogP contribution in [0.1, 0.15) is 31.7 Å². The molecule has 3 heteroatoms. The van der Waals surface area contributed by atoms with E-state index < -0.39 is 0 Å². The predicted octanol–water partition coefficient (Wildman–Crippen LogP) is 4.08. The molecule has 0 bridgehead atoms. The second-order valence-electron chi connectivity index (χ2n) is 5.11. The average molecular weight is 312 g/mol. The van der Waals surface area contributed by atoms with E-state index in [1.54, 1.807) is 7.11 Å². The molecule has 0 saturated carbocycles. The Labute approximate surface area is 118 Å². The van der Waals surface area contributed by atoms with Crippen LogP contribution in [0.3, 0.4) is 0 Å². The number of hydrogen-bond donors (Lipinski definition) is 0. The maximum atomic E-state index is 5.45. The lowest BCUT2D eigenvalue weighted by Gasteiger charge is -2.32. The summed E-state index contributed by atoms with van der Waals surface area (Å²) in [5.74, 6) is 1.87. The molecule has 1 aromatic rings. The van der Waals surface area contributed by atoms with Gasteiger partial charge in [0.15, 0.2) is 0 Å². The fraction of sp³-hybridized carbons (Fsp3) is 0.600. The van der Waals surface area contributed by atoms with Crippen LogP contribution >= 0.6 is 15.9 Å². The number of nitrogens with zero attached hydrogens (tertiary/aromatic N) is 1. The number of methoxy groups -OCH3 is 1. The van der Waals surface area contributed by atoms with E-state index in [9.17, 15) is 0 Å². The highest BCUT2D eigenvalue weighted by atomic mass is 79.9. The molecule has 1 unspecified atom stereocenters. The van der Waals surface area contributed by atoms with Crippen molar-refractivity contribution in [3.05, 3.63) is 28.2 Å². The summed E-state index contributed by atoms with van der Waals surface area (Å²) in [7, 11) is 1.75. The number of piperidine rings is 1. The molecule has 1 saturated heterocycles. The monoisotopic (exact) mass is 311 g/mol. The zero-order valence-corrected chi connectivity index (χ0v) is 12.9. The standard InChI is InChI=1S/C15H22BrNO/c1-3-12-5-4-8-17(10-12)11-13-9-14(16)6-7-15(13)18-2/h6-7,9,12H,3-5,8,10-11H2,1-2H3. The van der Waals surface area contributed by atoms with Gasteiger partial charge in [0.05, 0.1) is 7.11 Å². The summed E-state index contributed by atoms with van der Waals surface area (Å²) < 4.78 is 6.57. The fourth-order valence-electron chi connectivity index (χ4n) is 2.74. The minimum atomic E-state index is 0.872. The summed E-state index contributed by atoms with van der Waals surface area (Å²) in [6, 6.07) is 6.25. The second-order valence-corrected chi connectivity index (χ2v) is 6.02. The lowest BCUT2D eigenvalue weighted by atomic mass is 9.95. The van der Waals surface area contributed by atoms with Gasteiger partial charge in [0, 0.05) is 23.1 Å². The van der Waals surface area contributed by atoms with Crippen molar-refractivity contribution in [1.29, 1.82) is 0 Å². The molecule has 1 aromatic carbocycles. The van der Waals surface area contributed by atoms with Crippen LogP contribution < -0.4 is 4.74 Å². The molecule has 1 fully saturated rings. The van der Waals surface area contributed by atoms with Crippen LogP contribution in [0.25, 0.3) is 0 Å². The van der Waals surface area contributed by atoms with Crippen molar-refractivity contribution in [3.63, 3.8) is 0 Å². The molecular formula is C15H22BrNO. The molecule has 1 aliphatic rings. The SMILES string of the molecule is CCC1CCCN(Cc2cc(Br)ccc2OC)C1. The van der Waals surface area contributed by atoms with Crippen LogP contribution in [0, 0.1) is 5.92 Å². The molecule has 0 N–H and O–H groups in total. The van der Waals surface area contributed by atoms with Crippen molar-refractivity contribution < 1.29 is 4.74 Å². The van der Waals surface area contributed by atoms with Crippen LogP contribution in [-0.2, 0) is 6.54 Å². The molecule has 1 heterocycles. The van der Waals surface area contributed by atoms with Gasteiger partial charge in [-0.3, -0.25) is 4.90 Å². The van der Waals surface area contributed by atoms with Gasteiger partial charge in [-0.1, -0.05) is 29.3 Å². The molecule has 2 rings (SSSR count). The number of likely N-dealkylation sites (tertiary alicyclic amines) is 1. The molecule has 0 spiro atoms. The van der Waals surface area contributed by atoms with Gasteiger partial charge in [-0.15, -0.1) is 0 Å². The van der Waals surface area contributed by atoms with E-state index in [1.807, 2.05) is 12.1 Å². The summed E-state index contributed by atoms with van der Waals surface area (Å²) in [4.78, 5) is 2.56. The van der Waals surface area contributed by atoms with Crippen molar-refractivity contribution in [2.45, 2.75) is 32.7 Å². The quantitative estimate of drug-likeness (QED) is 0.830. The first-order chi connectivity index (χ1) is 8.72. The first kappa shape index (κ1) is 13.9. The first-order valence-corrected chi connectivity index (χ1v) is 7.57. The Morgan fingerprint density at radius 2 is 2.28 bits per heavy atom. The van der Waals surface area contributed by atoms with Gasteiger partial charge in [0.1, 0.15) is 5.75 Å². The normalized spacial score (nSPS) is 20.9. The molecule has 0 radical (unpaired) electrons. The Bertz CT molecular complexity index is 394. The largest absolute Gasteiger partial charge is 0.496 e. The smallest absolute Gasteiger partial charge is 0.123 e. The fourth-order valence-corrected chi connectivity index (χ4v) is 3.15. The topological polar surface area (TPSA) is 12.5 Å².